The summed E-state index contributed by atoms with van der Waals surface area (Å²) >= 11 is 7.21. The van der Waals surface area contributed by atoms with E-state index in [1.807, 2.05) is 0 Å². The minimum atomic E-state index is -0.956. The molecule has 1 saturated carbocycles. The molecule has 3 N–H and O–H groups in total. The van der Waals surface area contributed by atoms with Crippen molar-refractivity contribution in [1.82, 2.24) is 10.6 Å². The summed E-state index contributed by atoms with van der Waals surface area (Å²) in [7, 11) is 0. The van der Waals surface area contributed by atoms with Gasteiger partial charge in [0.1, 0.15) is 23.3 Å². The normalized spacial score (nSPS) is 17.5. The number of nitrogens with zero attached hydrogens (tertiary/aromatic N) is 1. The second-order valence-electron chi connectivity index (χ2n) is 10.0. The van der Waals surface area contributed by atoms with Gasteiger partial charge in [0.15, 0.2) is 0 Å². The maximum Gasteiger partial charge on any atom is 0.408 e. The van der Waals surface area contributed by atoms with Gasteiger partial charge in [0.2, 0.25) is 0 Å². The summed E-state index contributed by atoms with van der Waals surface area (Å²) in [5, 5.41) is 13.6. The van der Waals surface area contributed by atoms with Crippen LogP contribution in [0.2, 0.25) is 5.02 Å². The van der Waals surface area contributed by atoms with Crippen molar-refractivity contribution < 1.29 is 23.5 Å². The van der Waals surface area contributed by atoms with E-state index < -0.39 is 35.4 Å². The average molecular weight is 547 g/mol. The Balaban J connectivity index is 1.68. The van der Waals surface area contributed by atoms with Gasteiger partial charge >= 0.3 is 6.09 Å². The molecule has 0 spiro atoms. The number of carbonyl (C=O) groups excluding carboxylic acids is 3. The second kappa shape index (κ2) is 10.7. The fourth-order valence-electron chi connectivity index (χ4n) is 3.75. The van der Waals surface area contributed by atoms with Gasteiger partial charge in [-0.25, -0.2) is 9.18 Å². The van der Waals surface area contributed by atoms with Crippen LogP contribution in [0, 0.1) is 17.1 Å². The van der Waals surface area contributed by atoms with E-state index in [0.29, 0.717) is 15.6 Å². The highest BCUT2D eigenvalue weighted by Crippen LogP contribution is 2.38. The number of fused-ring (bicyclic) bond motifs is 1. The second-order valence-corrected chi connectivity index (χ2v) is 11.5. The molecule has 2 aromatic carbocycles. The molecule has 1 heterocycles. The molecular weight excluding hydrogens is 519 g/mol. The van der Waals surface area contributed by atoms with E-state index in [-0.39, 0.29) is 29.6 Å². The van der Waals surface area contributed by atoms with Crippen LogP contribution in [0.5, 0.6) is 0 Å². The molecule has 8 nitrogen and oxygen atoms in total. The number of anilines is 1. The lowest BCUT2D eigenvalue weighted by molar-refractivity contribution is -0.120. The number of nitrogens with one attached hydrogen (secondary N) is 3. The molecule has 0 radical (unpaired) electrons. The van der Waals surface area contributed by atoms with Crippen molar-refractivity contribution in [1.29, 1.82) is 5.41 Å². The lowest BCUT2D eigenvalue weighted by Gasteiger charge is -2.27. The molecule has 4 rings (SSSR count). The Kier molecular flexibility index (Phi) is 7.80. The van der Waals surface area contributed by atoms with Crippen LogP contribution in [0.1, 0.15) is 49.5 Å². The van der Waals surface area contributed by atoms with Gasteiger partial charge in [0.05, 0.1) is 17.8 Å². The molecule has 196 valence electrons. The number of amides is 3. The standard InChI is InChI=1S/C26H28ClFN4O4S/c1-26(2,3)36-25(35)30-19-13-37-21-11-18(28)17(23(33)31-22(29)15-6-7-15)10-20(21)32(24(19)34)12-14-4-8-16(27)9-5-14/h4-5,8-11,15,19H,6-7,12-13H2,1-3H3,(H,30,35)(H2,29,31,33)/t19-/m0/s1. The Bertz CT molecular complexity index is 1240. The van der Waals surface area contributed by atoms with E-state index in [9.17, 15) is 14.4 Å². The number of alkyl carbamates (subject to hydrolysis) is 1. The molecule has 1 aliphatic heterocycles. The smallest absolute Gasteiger partial charge is 0.408 e. The van der Waals surface area contributed by atoms with Gasteiger partial charge in [0.25, 0.3) is 11.8 Å². The molecule has 11 heteroatoms. The van der Waals surface area contributed by atoms with Crippen LogP contribution < -0.4 is 15.5 Å². The number of ether oxygens (including phenoxy) is 1. The molecule has 1 atom stereocenters. The van der Waals surface area contributed by atoms with E-state index in [2.05, 4.69) is 10.6 Å². The maximum atomic E-state index is 15.1. The number of hydrogen-bond donors (Lipinski definition) is 3. The van der Waals surface area contributed by atoms with Crippen LogP contribution in [0.15, 0.2) is 41.3 Å². The summed E-state index contributed by atoms with van der Waals surface area (Å²) in [5.74, 6) is -1.75. The minimum Gasteiger partial charge on any atom is -0.444 e. The highest BCUT2D eigenvalue weighted by Gasteiger charge is 2.35. The Morgan fingerprint density at radius 3 is 2.51 bits per heavy atom. The van der Waals surface area contributed by atoms with E-state index in [1.165, 1.54) is 28.8 Å². The minimum absolute atomic E-state index is 0.00828. The van der Waals surface area contributed by atoms with Crippen LogP contribution in [0.4, 0.5) is 14.9 Å². The lowest BCUT2D eigenvalue weighted by Crippen LogP contribution is -2.50. The summed E-state index contributed by atoms with van der Waals surface area (Å²) in [6.45, 7) is 5.26. The van der Waals surface area contributed by atoms with E-state index >= 15 is 4.39 Å². The third-order valence-corrected chi connectivity index (χ3v) is 7.12. The Morgan fingerprint density at radius 2 is 1.89 bits per heavy atom. The largest absolute Gasteiger partial charge is 0.444 e. The number of halogens is 2. The number of thioether (sulfide) groups is 1. The molecule has 1 aliphatic carbocycles. The highest BCUT2D eigenvalue weighted by atomic mass is 35.5. The van der Waals surface area contributed by atoms with E-state index in [1.54, 1.807) is 45.0 Å². The number of rotatable bonds is 5. The Morgan fingerprint density at radius 1 is 1.22 bits per heavy atom. The Labute approximate surface area is 223 Å². The van der Waals surface area contributed by atoms with Crippen molar-refractivity contribution in [2.24, 2.45) is 5.92 Å². The molecule has 0 aromatic heterocycles. The quantitative estimate of drug-likeness (QED) is 0.356. The van der Waals surface area contributed by atoms with Crippen molar-refractivity contribution in [3.05, 3.63) is 58.4 Å². The van der Waals surface area contributed by atoms with Crippen LogP contribution >= 0.6 is 23.4 Å². The first-order chi connectivity index (χ1) is 17.4. The zero-order chi connectivity index (χ0) is 26.9. The summed E-state index contributed by atoms with van der Waals surface area (Å²) in [4.78, 5) is 40.9. The Hall–Kier alpha value is -3.11. The number of carbonyl (C=O) groups is 3. The van der Waals surface area contributed by atoms with E-state index in [4.69, 9.17) is 21.7 Å². The van der Waals surface area contributed by atoms with Crippen molar-refractivity contribution >= 4 is 52.8 Å². The van der Waals surface area contributed by atoms with E-state index in [0.717, 1.165) is 18.4 Å². The molecule has 3 amide bonds. The zero-order valence-electron chi connectivity index (χ0n) is 20.7. The van der Waals surface area contributed by atoms with Crippen molar-refractivity contribution in [2.75, 3.05) is 10.7 Å². The molecule has 2 aliphatic rings. The maximum absolute atomic E-state index is 15.1. The van der Waals surface area contributed by atoms with Gasteiger partial charge in [-0.2, -0.15) is 0 Å². The first-order valence-electron chi connectivity index (χ1n) is 11.8. The lowest BCUT2D eigenvalue weighted by atomic mass is 10.1. The van der Waals surface area contributed by atoms with Gasteiger partial charge in [0, 0.05) is 21.6 Å². The van der Waals surface area contributed by atoms with Gasteiger partial charge in [-0.05, 0) is 63.4 Å². The summed E-state index contributed by atoms with van der Waals surface area (Å²) < 4.78 is 20.4. The van der Waals surface area contributed by atoms with Crippen molar-refractivity contribution in [3.63, 3.8) is 0 Å². The SMILES string of the molecule is CC(C)(C)OC(=O)N[C@H]1CSc2cc(F)c(C(=O)NC(=N)C3CC3)cc2N(Cc2ccc(Cl)cc2)C1=O. The van der Waals surface area contributed by atoms with Crippen molar-refractivity contribution in [3.8, 4) is 0 Å². The third kappa shape index (κ3) is 6.81. The van der Waals surface area contributed by atoms with Gasteiger partial charge < -0.3 is 20.3 Å². The summed E-state index contributed by atoms with van der Waals surface area (Å²) in [5.41, 5.74) is 0.0638. The van der Waals surface area contributed by atoms with Crippen LogP contribution in [0.3, 0.4) is 0 Å². The van der Waals surface area contributed by atoms with Crippen LogP contribution in [-0.4, -0.2) is 41.1 Å². The predicted octanol–water partition coefficient (Wildman–Crippen LogP) is 5.13. The molecule has 1 fully saturated rings. The highest BCUT2D eigenvalue weighted by molar-refractivity contribution is 7.99. The van der Waals surface area contributed by atoms with Crippen LogP contribution in [-0.2, 0) is 16.1 Å². The molecule has 0 saturated heterocycles. The first kappa shape index (κ1) is 26.9. The molecule has 0 bridgehead atoms. The van der Waals surface area contributed by atoms with Crippen molar-refractivity contribution in [2.45, 2.75) is 56.7 Å². The molecule has 0 unspecified atom stereocenters. The molecular formula is C26H28ClFN4O4S. The third-order valence-electron chi connectivity index (χ3n) is 5.73. The number of hydrogen-bond acceptors (Lipinski definition) is 6. The average Bonchev–Trinajstić information content (AvgIpc) is 3.66. The summed E-state index contributed by atoms with van der Waals surface area (Å²) in [6.07, 6.45) is 0.893. The number of benzene rings is 2. The fourth-order valence-corrected chi connectivity index (χ4v) is 4.95. The monoisotopic (exact) mass is 546 g/mol. The van der Waals surface area contributed by atoms with Crippen LogP contribution in [0.25, 0.3) is 0 Å². The molecule has 2 aromatic rings. The van der Waals surface area contributed by atoms with Gasteiger partial charge in [-0.3, -0.25) is 15.0 Å². The predicted molar refractivity (Wildman–Crippen MR) is 141 cm³/mol. The first-order valence-corrected chi connectivity index (χ1v) is 13.2. The fraction of sp³-hybridized carbons (Fsp3) is 0.385. The number of amidine groups is 1. The summed E-state index contributed by atoms with van der Waals surface area (Å²) in [6, 6.07) is 8.50. The topological polar surface area (TPSA) is 112 Å². The zero-order valence-corrected chi connectivity index (χ0v) is 22.3. The van der Waals surface area contributed by atoms with Gasteiger partial charge in [-0.15, -0.1) is 11.8 Å². The molecule has 37 heavy (non-hydrogen) atoms. The van der Waals surface area contributed by atoms with Gasteiger partial charge in [-0.1, -0.05) is 23.7 Å².